The molecule has 7 N–H and O–H groups in total. The molecule has 0 saturated heterocycles. The number of nitrogens with one attached hydrogen (secondary N) is 1. The molecule has 10 nitrogen and oxygen atoms in total. The highest BCUT2D eigenvalue weighted by molar-refractivity contribution is 5.94. The van der Waals surface area contributed by atoms with Crippen molar-refractivity contribution in [2.45, 2.75) is 45.1 Å². The predicted molar refractivity (Wildman–Crippen MR) is 119 cm³/mol. The highest BCUT2D eigenvalue weighted by Gasteiger charge is 2.14. The van der Waals surface area contributed by atoms with Crippen LogP contribution >= 0.6 is 0 Å². The number of pyridine rings is 1. The van der Waals surface area contributed by atoms with E-state index < -0.39 is 6.04 Å². The van der Waals surface area contributed by atoms with Crippen LogP contribution in [0.2, 0.25) is 0 Å². The lowest BCUT2D eigenvalue weighted by molar-refractivity contribution is -0.134. The van der Waals surface area contributed by atoms with E-state index in [0.29, 0.717) is 42.9 Å². The molecular formula is C21H29N7O3. The summed E-state index contributed by atoms with van der Waals surface area (Å²) in [6.07, 6.45) is 3.12. The van der Waals surface area contributed by atoms with Crippen LogP contribution in [0.25, 0.3) is 0 Å². The second-order valence-corrected chi connectivity index (χ2v) is 6.87. The molecule has 0 radical (unpaired) electrons. The number of amides is 1. The molecule has 0 fully saturated rings. The summed E-state index contributed by atoms with van der Waals surface area (Å²) in [6.45, 7) is 2.46. The van der Waals surface area contributed by atoms with Crippen LogP contribution in [0.5, 0.6) is 5.75 Å². The number of benzene rings is 1. The maximum absolute atomic E-state index is 12.2. The van der Waals surface area contributed by atoms with Crippen molar-refractivity contribution in [1.29, 1.82) is 0 Å². The van der Waals surface area contributed by atoms with E-state index >= 15 is 0 Å². The molecule has 0 saturated carbocycles. The molecule has 1 amide bonds. The van der Waals surface area contributed by atoms with Crippen LogP contribution < -0.4 is 27.3 Å². The summed E-state index contributed by atoms with van der Waals surface area (Å²) >= 11 is 0. The highest BCUT2D eigenvalue weighted by atomic mass is 16.5. The normalized spacial score (nSPS) is 12.0. The smallest absolute Gasteiger partial charge is 0.311 e. The summed E-state index contributed by atoms with van der Waals surface area (Å²) in [5, 5.41) is 10.9. The van der Waals surface area contributed by atoms with Gasteiger partial charge in [-0.2, -0.15) is 0 Å². The molecule has 1 atom stereocenters. The van der Waals surface area contributed by atoms with Gasteiger partial charge in [-0.05, 0) is 50.1 Å². The van der Waals surface area contributed by atoms with E-state index in [2.05, 4.69) is 20.5 Å². The number of nitrogens with two attached hydrogens (primary N) is 3. The maximum atomic E-state index is 12.2. The van der Waals surface area contributed by atoms with Gasteiger partial charge in [-0.15, -0.1) is 10.2 Å². The van der Waals surface area contributed by atoms with Crippen molar-refractivity contribution in [1.82, 2.24) is 4.98 Å². The number of azo groups is 1. The Hall–Kier alpha value is -3.37. The minimum atomic E-state index is -0.652. The molecule has 0 unspecified atom stereocenters. The quantitative estimate of drug-likeness (QED) is 0.184. The third-order valence-corrected chi connectivity index (χ3v) is 4.27. The number of ether oxygens (including phenoxy) is 1. The first-order chi connectivity index (χ1) is 14.9. The summed E-state index contributed by atoms with van der Waals surface area (Å²) < 4.78 is 5.32. The molecule has 166 valence electrons. The van der Waals surface area contributed by atoms with Gasteiger partial charge in [0, 0.05) is 6.42 Å². The molecule has 2 aromatic rings. The molecule has 0 aliphatic rings. The van der Waals surface area contributed by atoms with Gasteiger partial charge in [-0.3, -0.25) is 9.59 Å². The average molecular weight is 428 g/mol. The zero-order chi connectivity index (χ0) is 22.6. The minimum Gasteiger partial charge on any atom is -0.424 e. The van der Waals surface area contributed by atoms with Crippen molar-refractivity contribution < 1.29 is 14.3 Å². The molecule has 0 aliphatic carbocycles. The topological polar surface area (TPSA) is 171 Å². The Morgan fingerprint density at radius 2 is 1.87 bits per heavy atom. The Bertz CT molecular complexity index is 918. The van der Waals surface area contributed by atoms with Crippen LogP contribution in [-0.4, -0.2) is 29.4 Å². The van der Waals surface area contributed by atoms with Crippen molar-refractivity contribution in [3.63, 3.8) is 0 Å². The number of anilines is 2. The van der Waals surface area contributed by atoms with Crippen molar-refractivity contribution >= 4 is 34.9 Å². The van der Waals surface area contributed by atoms with Crippen LogP contribution in [0.1, 0.15) is 39.0 Å². The van der Waals surface area contributed by atoms with Gasteiger partial charge in [0.2, 0.25) is 5.91 Å². The predicted octanol–water partition coefficient (Wildman–Crippen LogP) is 3.18. The van der Waals surface area contributed by atoms with Crippen LogP contribution in [0.3, 0.4) is 0 Å². The van der Waals surface area contributed by atoms with Gasteiger partial charge < -0.3 is 27.3 Å². The zero-order valence-electron chi connectivity index (χ0n) is 17.6. The maximum Gasteiger partial charge on any atom is 0.311 e. The number of carbonyl (C=O) groups excluding carboxylic acids is 2. The van der Waals surface area contributed by atoms with E-state index in [4.69, 9.17) is 21.9 Å². The molecule has 2 rings (SSSR count). The second-order valence-electron chi connectivity index (χ2n) is 6.87. The molecule has 31 heavy (non-hydrogen) atoms. The van der Waals surface area contributed by atoms with Gasteiger partial charge in [-0.25, -0.2) is 4.98 Å². The number of carbonyl (C=O) groups is 2. The molecule has 1 heterocycles. The summed E-state index contributed by atoms with van der Waals surface area (Å²) in [4.78, 5) is 28.1. The van der Waals surface area contributed by atoms with Gasteiger partial charge >= 0.3 is 5.97 Å². The van der Waals surface area contributed by atoms with Gasteiger partial charge in [0.05, 0.1) is 6.04 Å². The number of hydrogen-bond donors (Lipinski definition) is 4. The van der Waals surface area contributed by atoms with Crippen LogP contribution in [-0.2, 0) is 9.59 Å². The van der Waals surface area contributed by atoms with E-state index in [1.165, 1.54) is 0 Å². The average Bonchev–Trinajstić information content (AvgIpc) is 2.74. The largest absolute Gasteiger partial charge is 0.424 e. The Balaban J connectivity index is 2.05. The van der Waals surface area contributed by atoms with E-state index in [1.807, 2.05) is 6.92 Å². The van der Waals surface area contributed by atoms with Crippen molar-refractivity contribution in [2.75, 3.05) is 17.6 Å². The SMILES string of the molecule is CCCC(=O)Oc1ccccc1N=Nc1ccc(NC(=O)[C@@H](N)CCCCN)nc1N. The van der Waals surface area contributed by atoms with Gasteiger partial charge in [0.15, 0.2) is 11.6 Å². The monoisotopic (exact) mass is 427 g/mol. The summed E-state index contributed by atoms with van der Waals surface area (Å²) in [5.74, 6) is -0.0270. The fourth-order valence-corrected chi connectivity index (χ4v) is 2.59. The second kappa shape index (κ2) is 12.4. The number of esters is 1. The first-order valence-corrected chi connectivity index (χ1v) is 10.2. The minimum absolute atomic E-state index is 0.0821. The van der Waals surface area contributed by atoms with Crippen LogP contribution in [0.4, 0.5) is 23.0 Å². The molecule has 1 aromatic heterocycles. The highest BCUT2D eigenvalue weighted by Crippen LogP contribution is 2.30. The van der Waals surface area contributed by atoms with Crippen molar-refractivity contribution in [3.05, 3.63) is 36.4 Å². The zero-order valence-corrected chi connectivity index (χ0v) is 17.6. The number of unbranched alkanes of at least 4 members (excludes halogenated alkanes) is 1. The fraction of sp³-hybridized carbons (Fsp3) is 0.381. The number of para-hydroxylation sites is 1. The Morgan fingerprint density at radius 1 is 1.13 bits per heavy atom. The molecule has 0 aliphatic heterocycles. The van der Waals surface area contributed by atoms with Gasteiger partial charge in [-0.1, -0.05) is 25.5 Å². The molecule has 10 heteroatoms. The lowest BCUT2D eigenvalue weighted by atomic mass is 10.1. The lowest BCUT2D eigenvalue weighted by Gasteiger charge is -2.12. The number of nitrogens with zero attached hydrogens (tertiary/aromatic N) is 3. The third kappa shape index (κ3) is 7.76. The standard InChI is InChI=1S/C21H29N7O3/c1-2-7-19(29)31-17-10-4-3-9-15(17)27-28-16-11-12-18(25-20(16)24)26-21(30)14(23)8-5-6-13-22/h3-4,9-12,14H,2,5-8,13,22-23H2,1H3,(H3,24,25,26,30)/t14-/m0/s1. The third-order valence-electron chi connectivity index (χ3n) is 4.27. The summed E-state index contributed by atoms with van der Waals surface area (Å²) in [6, 6.07) is 9.28. The Labute approximate surface area is 181 Å². The number of nitrogen functional groups attached to an aromatic ring is 1. The molecule has 1 aromatic carbocycles. The Kier molecular flexibility index (Phi) is 9.53. The number of hydrogen-bond acceptors (Lipinski definition) is 9. The Morgan fingerprint density at radius 3 is 2.58 bits per heavy atom. The van der Waals surface area contributed by atoms with E-state index in [1.54, 1.807) is 36.4 Å². The first kappa shape index (κ1) is 23.9. The molecular weight excluding hydrogens is 398 g/mol. The number of rotatable bonds is 11. The molecule has 0 spiro atoms. The van der Waals surface area contributed by atoms with Crippen LogP contribution in [0, 0.1) is 0 Å². The van der Waals surface area contributed by atoms with E-state index in [-0.39, 0.29) is 23.5 Å². The first-order valence-electron chi connectivity index (χ1n) is 10.2. The van der Waals surface area contributed by atoms with Gasteiger partial charge in [0.1, 0.15) is 17.2 Å². The summed E-state index contributed by atoms with van der Waals surface area (Å²) in [5.41, 5.74) is 18.0. The van der Waals surface area contributed by atoms with Crippen molar-refractivity contribution in [3.8, 4) is 5.75 Å². The fourth-order valence-electron chi connectivity index (χ4n) is 2.59. The van der Waals surface area contributed by atoms with Crippen LogP contribution in [0.15, 0.2) is 46.6 Å². The lowest BCUT2D eigenvalue weighted by Crippen LogP contribution is -2.35. The van der Waals surface area contributed by atoms with E-state index in [9.17, 15) is 9.59 Å². The summed E-state index contributed by atoms with van der Waals surface area (Å²) in [7, 11) is 0. The van der Waals surface area contributed by atoms with Crippen molar-refractivity contribution in [2.24, 2.45) is 21.7 Å². The van der Waals surface area contributed by atoms with Gasteiger partial charge in [0.25, 0.3) is 0 Å². The van der Waals surface area contributed by atoms with E-state index in [0.717, 1.165) is 12.8 Å². The number of aromatic nitrogens is 1. The molecule has 0 bridgehead atoms.